The van der Waals surface area contributed by atoms with Crippen LogP contribution in [0.15, 0.2) is 18.2 Å². The van der Waals surface area contributed by atoms with Crippen LogP contribution in [0.4, 0.5) is 10.5 Å². The molecule has 1 aromatic carbocycles. The van der Waals surface area contributed by atoms with E-state index in [0.29, 0.717) is 0 Å². The zero-order valence-corrected chi connectivity index (χ0v) is 11.5. The van der Waals surface area contributed by atoms with Gasteiger partial charge in [-0.3, -0.25) is 0 Å². The van der Waals surface area contributed by atoms with E-state index in [-0.39, 0.29) is 0 Å². The first kappa shape index (κ1) is 14.6. The molecule has 0 aliphatic rings. The van der Waals surface area contributed by atoms with Crippen LogP contribution in [-0.4, -0.2) is 6.03 Å². The maximum absolute atomic E-state index is 11.0. The number of primary amides is 1. The summed E-state index contributed by atoms with van der Waals surface area (Å²) in [5.41, 5.74) is 8.70. The molecule has 0 radical (unpaired) electrons. The smallest absolute Gasteiger partial charge is 0.316 e. The summed E-state index contributed by atoms with van der Waals surface area (Å²) in [6.45, 7) is 4.37. The van der Waals surface area contributed by atoms with E-state index < -0.39 is 6.03 Å². The molecule has 3 N–H and O–H groups in total. The standard InChI is InChI=1S/C15H24N2O/c1-3-5-8-12-9-7-11-14(17-15(16)18)13(12)10-6-4-2/h7,9,11H,3-6,8,10H2,1-2H3,(H3,16,17,18). The molecule has 0 aliphatic carbocycles. The number of carbonyl (C=O) groups excluding carboxylic acids is 1. The van der Waals surface area contributed by atoms with Gasteiger partial charge >= 0.3 is 6.03 Å². The van der Waals surface area contributed by atoms with Gasteiger partial charge in [-0.1, -0.05) is 38.8 Å². The second kappa shape index (κ2) is 7.75. The lowest BCUT2D eigenvalue weighted by molar-refractivity contribution is 0.259. The Bertz CT molecular complexity index is 388. The van der Waals surface area contributed by atoms with Gasteiger partial charge in [-0.15, -0.1) is 0 Å². The highest BCUT2D eigenvalue weighted by molar-refractivity contribution is 5.88. The highest BCUT2D eigenvalue weighted by Gasteiger charge is 2.09. The molecule has 0 unspecified atom stereocenters. The van der Waals surface area contributed by atoms with Crippen LogP contribution in [-0.2, 0) is 12.8 Å². The summed E-state index contributed by atoms with van der Waals surface area (Å²) in [5.74, 6) is 0. The van der Waals surface area contributed by atoms with Crippen LogP contribution in [0.3, 0.4) is 0 Å². The summed E-state index contributed by atoms with van der Waals surface area (Å²) in [6, 6.07) is 5.60. The van der Waals surface area contributed by atoms with E-state index in [4.69, 9.17) is 5.73 Å². The molecule has 3 nitrogen and oxygen atoms in total. The van der Waals surface area contributed by atoms with Gasteiger partial charge in [0.25, 0.3) is 0 Å². The van der Waals surface area contributed by atoms with Crippen LogP contribution in [0.2, 0.25) is 0 Å². The molecule has 0 saturated heterocycles. The maximum Gasteiger partial charge on any atom is 0.316 e. The van der Waals surface area contributed by atoms with Gasteiger partial charge in [0.15, 0.2) is 0 Å². The Kier molecular flexibility index (Phi) is 6.26. The van der Waals surface area contributed by atoms with Gasteiger partial charge in [-0.25, -0.2) is 4.79 Å². The molecule has 0 spiro atoms. The van der Waals surface area contributed by atoms with Gasteiger partial charge < -0.3 is 11.1 Å². The normalized spacial score (nSPS) is 10.3. The average Bonchev–Trinajstić information content (AvgIpc) is 2.34. The molecule has 0 atom stereocenters. The number of carbonyl (C=O) groups is 1. The molecular formula is C15H24N2O. The van der Waals surface area contributed by atoms with Gasteiger partial charge in [0.2, 0.25) is 0 Å². The minimum Gasteiger partial charge on any atom is -0.351 e. The van der Waals surface area contributed by atoms with E-state index in [2.05, 4.69) is 25.2 Å². The van der Waals surface area contributed by atoms with Crippen molar-refractivity contribution in [2.75, 3.05) is 5.32 Å². The Morgan fingerprint density at radius 1 is 1.17 bits per heavy atom. The first-order chi connectivity index (χ1) is 8.69. The fraction of sp³-hybridized carbons (Fsp3) is 0.533. The molecule has 0 bridgehead atoms. The van der Waals surface area contributed by atoms with Crippen molar-refractivity contribution in [3.8, 4) is 0 Å². The third kappa shape index (κ3) is 4.40. The first-order valence-corrected chi connectivity index (χ1v) is 6.86. The third-order valence-corrected chi connectivity index (χ3v) is 3.11. The number of nitrogens with two attached hydrogens (primary N) is 1. The molecule has 1 aromatic rings. The zero-order valence-electron chi connectivity index (χ0n) is 11.5. The number of hydrogen-bond donors (Lipinski definition) is 2. The number of nitrogens with one attached hydrogen (secondary N) is 1. The zero-order chi connectivity index (χ0) is 13.4. The Morgan fingerprint density at radius 2 is 1.83 bits per heavy atom. The largest absolute Gasteiger partial charge is 0.351 e. The van der Waals surface area contributed by atoms with Crippen molar-refractivity contribution in [2.24, 2.45) is 5.73 Å². The van der Waals surface area contributed by atoms with E-state index in [1.807, 2.05) is 12.1 Å². The number of benzene rings is 1. The highest BCUT2D eigenvalue weighted by atomic mass is 16.2. The van der Waals surface area contributed by atoms with E-state index in [1.54, 1.807) is 0 Å². The SMILES string of the molecule is CCCCc1cccc(NC(N)=O)c1CCCC. The summed E-state index contributed by atoms with van der Waals surface area (Å²) in [6.07, 6.45) is 6.73. The molecule has 0 aliphatic heterocycles. The predicted octanol–water partition coefficient (Wildman–Crippen LogP) is 3.86. The summed E-state index contributed by atoms with van der Waals surface area (Å²) in [5, 5.41) is 2.74. The van der Waals surface area contributed by atoms with Crippen LogP contribution in [0.5, 0.6) is 0 Å². The maximum atomic E-state index is 11.0. The predicted molar refractivity (Wildman–Crippen MR) is 76.9 cm³/mol. The van der Waals surface area contributed by atoms with Crippen LogP contribution < -0.4 is 11.1 Å². The Hall–Kier alpha value is -1.51. The Labute approximate surface area is 110 Å². The number of unbranched alkanes of at least 4 members (excludes halogenated alkanes) is 2. The van der Waals surface area contributed by atoms with Crippen molar-refractivity contribution in [1.82, 2.24) is 0 Å². The second-order valence-corrected chi connectivity index (χ2v) is 4.64. The molecule has 3 heteroatoms. The summed E-state index contributed by atoms with van der Waals surface area (Å²) >= 11 is 0. The first-order valence-electron chi connectivity index (χ1n) is 6.86. The minimum absolute atomic E-state index is 0.486. The quantitative estimate of drug-likeness (QED) is 0.756. The van der Waals surface area contributed by atoms with E-state index in [0.717, 1.165) is 31.4 Å². The lowest BCUT2D eigenvalue weighted by Crippen LogP contribution is -2.20. The van der Waals surface area contributed by atoms with Crippen LogP contribution in [0.1, 0.15) is 50.7 Å². The van der Waals surface area contributed by atoms with Gasteiger partial charge in [-0.05, 0) is 42.9 Å². The van der Waals surface area contributed by atoms with E-state index in [1.165, 1.54) is 24.0 Å². The number of anilines is 1. The van der Waals surface area contributed by atoms with Crippen LogP contribution in [0.25, 0.3) is 0 Å². The fourth-order valence-electron chi connectivity index (χ4n) is 2.13. The number of aryl methyl sites for hydroxylation is 1. The third-order valence-electron chi connectivity index (χ3n) is 3.11. The number of hydrogen-bond acceptors (Lipinski definition) is 1. The molecule has 0 aromatic heterocycles. The van der Waals surface area contributed by atoms with E-state index >= 15 is 0 Å². The molecule has 2 amide bonds. The van der Waals surface area contributed by atoms with Gasteiger partial charge in [-0.2, -0.15) is 0 Å². The van der Waals surface area contributed by atoms with Gasteiger partial charge in [0.1, 0.15) is 0 Å². The summed E-state index contributed by atoms with van der Waals surface area (Å²) in [4.78, 5) is 11.0. The van der Waals surface area contributed by atoms with Gasteiger partial charge in [0.05, 0.1) is 0 Å². The monoisotopic (exact) mass is 248 g/mol. The van der Waals surface area contributed by atoms with Crippen molar-refractivity contribution >= 4 is 11.7 Å². The molecule has 0 heterocycles. The summed E-state index contributed by atoms with van der Waals surface area (Å²) in [7, 11) is 0. The fourth-order valence-corrected chi connectivity index (χ4v) is 2.13. The molecule has 1 rings (SSSR count). The molecule has 0 fully saturated rings. The van der Waals surface area contributed by atoms with Crippen molar-refractivity contribution in [2.45, 2.75) is 52.4 Å². The average molecular weight is 248 g/mol. The summed E-state index contributed by atoms with van der Waals surface area (Å²) < 4.78 is 0. The number of amides is 2. The minimum atomic E-state index is -0.486. The molecule has 100 valence electrons. The van der Waals surface area contributed by atoms with Crippen molar-refractivity contribution < 1.29 is 4.79 Å². The lowest BCUT2D eigenvalue weighted by Gasteiger charge is -2.14. The highest BCUT2D eigenvalue weighted by Crippen LogP contribution is 2.23. The molecule has 0 saturated carbocycles. The van der Waals surface area contributed by atoms with Crippen molar-refractivity contribution in [1.29, 1.82) is 0 Å². The Morgan fingerprint density at radius 3 is 2.44 bits per heavy atom. The van der Waals surface area contributed by atoms with Gasteiger partial charge in [0, 0.05) is 5.69 Å². The topological polar surface area (TPSA) is 55.1 Å². The second-order valence-electron chi connectivity index (χ2n) is 4.64. The Balaban J connectivity index is 2.95. The number of rotatable bonds is 7. The van der Waals surface area contributed by atoms with Crippen molar-refractivity contribution in [3.05, 3.63) is 29.3 Å². The van der Waals surface area contributed by atoms with Crippen LogP contribution in [0, 0.1) is 0 Å². The molecular weight excluding hydrogens is 224 g/mol. The van der Waals surface area contributed by atoms with E-state index in [9.17, 15) is 4.79 Å². The lowest BCUT2D eigenvalue weighted by atomic mass is 9.96. The number of urea groups is 1. The van der Waals surface area contributed by atoms with Crippen molar-refractivity contribution in [3.63, 3.8) is 0 Å². The molecule has 18 heavy (non-hydrogen) atoms. The van der Waals surface area contributed by atoms with Crippen LogP contribution >= 0.6 is 0 Å².